The zero-order valence-electron chi connectivity index (χ0n) is 11.7. The highest BCUT2D eigenvalue weighted by atomic mass is 79.9. The molecule has 0 aliphatic rings. The third kappa shape index (κ3) is 4.02. The van der Waals surface area contributed by atoms with Crippen LogP contribution in [0.3, 0.4) is 0 Å². The summed E-state index contributed by atoms with van der Waals surface area (Å²) in [6, 6.07) is 13.7. The minimum Gasteiger partial charge on any atom is -0.369 e. The van der Waals surface area contributed by atoms with Crippen molar-refractivity contribution >= 4 is 21.7 Å². The van der Waals surface area contributed by atoms with Crippen LogP contribution in [0.1, 0.15) is 27.0 Å². The largest absolute Gasteiger partial charge is 0.369 e. The van der Waals surface area contributed by atoms with Gasteiger partial charge in [-0.05, 0) is 37.1 Å². The molecule has 0 saturated carbocycles. The Morgan fingerprint density at radius 2 is 1.95 bits per heavy atom. The number of carbonyl (C=O) groups excluding carboxylic acids is 1. The van der Waals surface area contributed by atoms with Crippen molar-refractivity contribution in [3.05, 3.63) is 69.2 Å². The van der Waals surface area contributed by atoms with Crippen molar-refractivity contribution < 1.29 is 9.53 Å². The summed E-state index contributed by atoms with van der Waals surface area (Å²) in [4.78, 5) is 12.1. The summed E-state index contributed by atoms with van der Waals surface area (Å²) in [5.41, 5.74) is 3.95. The second-order valence-electron chi connectivity index (χ2n) is 4.86. The Hall–Kier alpha value is -1.45. The predicted octanol–water partition coefficient (Wildman–Crippen LogP) is 4.47. The van der Waals surface area contributed by atoms with E-state index in [0.29, 0.717) is 6.61 Å². The first-order valence-corrected chi connectivity index (χ1v) is 7.28. The van der Waals surface area contributed by atoms with Gasteiger partial charge in [0.1, 0.15) is 6.61 Å². The van der Waals surface area contributed by atoms with Crippen LogP contribution >= 0.6 is 15.9 Å². The van der Waals surface area contributed by atoms with Crippen LogP contribution < -0.4 is 0 Å². The number of rotatable bonds is 5. The third-order valence-electron chi connectivity index (χ3n) is 3.07. The Labute approximate surface area is 127 Å². The maximum absolute atomic E-state index is 12.1. The van der Waals surface area contributed by atoms with E-state index in [1.54, 1.807) is 0 Å². The van der Waals surface area contributed by atoms with Crippen LogP contribution in [0.25, 0.3) is 0 Å². The lowest BCUT2D eigenvalue weighted by molar-refractivity contribution is 0.0726. The van der Waals surface area contributed by atoms with Gasteiger partial charge in [0.15, 0.2) is 5.78 Å². The van der Waals surface area contributed by atoms with Gasteiger partial charge in [-0.25, -0.2) is 0 Å². The highest BCUT2D eigenvalue weighted by Crippen LogP contribution is 2.14. The fourth-order valence-corrected chi connectivity index (χ4v) is 2.54. The molecule has 0 saturated heterocycles. The molecule has 20 heavy (non-hydrogen) atoms. The van der Waals surface area contributed by atoms with Gasteiger partial charge in [-0.2, -0.15) is 0 Å². The van der Waals surface area contributed by atoms with E-state index in [0.717, 1.165) is 26.7 Å². The first kappa shape index (κ1) is 14.9. The minimum absolute atomic E-state index is 0.0255. The second-order valence-corrected chi connectivity index (χ2v) is 5.78. The summed E-state index contributed by atoms with van der Waals surface area (Å²) < 4.78 is 6.52. The number of Topliss-reactive ketones (excluding diaryl/α,β-unsaturated/α-hetero) is 1. The molecule has 0 heterocycles. The zero-order valence-corrected chi connectivity index (χ0v) is 13.2. The second kappa shape index (κ2) is 6.82. The molecule has 104 valence electrons. The number of benzene rings is 2. The third-order valence-corrected chi connectivity index (χ3v) is 3.57. The summed E-state index contributed by atoms with van der Waals surface area (Å²) in [7, 11) is 0. The van der Waals surface area contributed by atoms with Crippen molar-refractivity contribution in [1.29, 1.82) is 0 Å². The molecule has 0 fully saturated rings. The van der Waals surface area contributed by atoms with Crippen molar-refractivity contribution in [3.63, 3.8) is 0 Å². The lowest BCUT2D eigenvalue weighted by atomic mass is 10.0. The Balaban J connectivity index is 1.92. The molecule has 2 aromatic carbocycles. The molecule has 0 aliphatic carbocycles. The highest BCUT2D eigenvalue weighted by Gasteiger charge is 2.09. The van der Waals surface area contributed by atoms with Crippen LogP contribution in [-0.4, -0.2) is 12.4 Å². The van der Waals surface area contributed by atoms with E-state index in [1.165, 1.54) is 0 Å². The maximum Gasteiger partial charge on any atom is 0.188 e. The molecule has 0 radical (unpaired) electrons. The van der Waals surface area contributed by atoms with Gasteiger partial charge in [-0.3, -0.25) is 4.79 Å². The standard InChI is InChI=1S/C17H17BrO2/c1-12-6-7-16(13(2)8-12)17(19)11-20-10-14-4-3-5-15(18)9-14/h3-9H,10-11H2,1-2H3. The smallest absolute Gasteiger partial charge is 0.188 e. The monoisotopic (exact) mass is 332 g/mol. The summed E-state index contributed by atoms with van der Waals surface area (Å²) in [6.07, 6.45) is 0. The van der Waals surface area contributed by atoms with E-state index in [1.807, 2.05) is 56.3 Å². The number of ether oxygens (including phenoxy) is 1. The molecule has 0 bridgehead atoms. The van der Waals surface area contributed by atoms with E-state index >= 15 is 0 Å². The number of carbonyl (C=O) groups is 1. The number of hydrogen-bond acceptors (Lipinski definition) is 2. The lowest BCUT2D eigenvalue weighted by Gasteiger charge is -2.07. The first-order valence-electron chi connectivity index (χ1n) is 6.49. The van der Waals surface area contributed by atoms with Gasteiger partial charge in [0, 0.05) is 10.0 Å². The summed E-state index contributed by atoms with van der Waals surface area (Å²) in [5.74, 6) is 0.0255. The molecule has 0 spiro atoms. The topological polar surface area (TPSA) is 26.3 Å². The van der Waals surface area contributed by atoms with Crippen molar-refractivity contribution in [1.82, 2.24) is 0 Å². The zero-order chi connectivity index (χ0) is 14.5. The summed E-state index contributed by atoms with van der Waals surface area (Å²) >= 11 is 3.41. The van der Waals surface area contributed by atoms with Gasteiger partial charge in [-0.15, -0.1) is 0 Å². The van der Waals surface area contributed by atoms with Crippen molar-refractivity contribution in [3.8, 4) is 0 Å². The first-order chi connectivity index (χ1) is 9.56. The number of aryl methyl sites for hydroxylation is 2. The van der Waals surface area contributed by atoms with E-state index in [4.69, 9.17) is 4.74 Å². The van der Waals surface area contributed by atoms with Crippen LogP contribution in [0, 0.1) is 13.8 Å². The van der Waals surface area contributed by atoms with E-state index in [2.05, 4.69) is 15.9 Å². The molecule has 0 unspecified atom stereocenters. The van der Waals surface area contributed by atoms with Crippen LogP contribution in [0.2, 0.25) is 0 Å². The summed E-state index contributed by atoms with van der Waals surface area (Å²) in [6.45, 7) is 4.52. The maximum atomic E-state index is 12.1. The fourth-order valence-electron chi connectivity index (χ4n) is 2.09. The average molecular weight is 333 g/mol. The number of ketones is 1. The van der Waals surface area contributed by atoms with Crippen LogP contribution in [0.4, 0.5) is 0 Å². The SMILES string of the molecule is Cc1ccc(C(=O)COCc2cccc(Br)c2)c(C)c1. The molecular formula is C17H17BrO2. The molecule has 0 atom stereocenters. The van der Waals surface area contributed by atoms with E-state index in [9.17, 15) is 4.79 Å². The Kier molecular flexibility index (Phi) is 5.10. The average Bonchev–Trinajstić information content (AvgIpc) is 2.38. The van der Waals surface area contributed by atoms with Gasteiger partial charge >= 0.3 is 0 Å². The van der Waals surface area contributed by atoms with Gasteiger partial charge in [0.2, 0.25) is 0 Å². The molecule has 2 aromatic rings. The normalized spacial score (nSPS) is 10.6. The molecule has 0 aliphatic heterocycles. The minimum atomic E-state index is 0.0255. The fraction of sp³-hybridized carbons (Fsp3) is 0.235. The summed E-state index contributed by atoms with van der Waals surface area (Å²) in [5, 5.41) is 0. The van der Waals surface area contributed by atoms with Gasteiger partial charge in [0.05, 0.1) is 6.61 Å². The highest BCUT2D eigenvalue weighted by molar-refractivity contribution is 9.10. The van der Waals surface area contributed by atoms with Crippen molar-refractivity contribution in [2.45, 2.75) is 20.5 Å². The van der Waals surface area contributed by atoms with E-state index < -0.39 is 0 Å². The molecular weight excluding hydrogens is 316 g/mol. The molecule has 0 N–H and O–H groups in total. The van der Waals surface area contributed by atoms with E-state index in [-0.39, 0.29) is 12.4 Å². The van der Waals surface area contributed by atoms with Crippen molar-refractivity contribution in [2.75, 3.05) is 6.61 Å². The molecule has 0 amide bonds. The number of halogens is 1. The van der Waals surface area contributed by atoms with Crippen LogP contribution in [0.15, 0.2) is 46.9 Å². The van der Waals surface area contributed by atoms with Gasteiger partial charge in [0.25, 0.3) is 0 Å². The predicted molar refractivity (Wildman–Crippen MR) is 84.0 cm³/mol. The molecule has 0 aromatic heterocycles. The Morgan fingerprint density at radius 3 is 2.65 bits per heavy atom. The Morgan fingerprint density at radius 1 is 1.15 bits per heavy atom. The van der Waals surface area contributed by atoms with Crippen LogP contribution in [-0.2, 0) is 11.3 Å². The van der Waals surface area contributed by atoms with Crippen LogP contribution in [0.5, 0.6) is 0 Å². The Bertz CT molecular complexity index is 620. The quantitative estimate of drug-likeness (QED) is 0.755. The molecule has 3 heteroatoms. The lowest BCUT2D eigenvalue weighted by Crippen LogP contribution is -2.10. The van der Waals surface area contributed by atoms with Gasteiger partial charge < -0.3 is 4.74 Å². The molecule has 2 nitrogen and oxygen atoms in total. The van der Waals surface area contributed by atoms with Gasteiger partial charge in [-0.1, -0.05) is 51.8 Å². The van der Waals surface area contributed by atoms with Crippen molar-refractivity contribution in [2.24, 2.45) is 0 Å². The number of hydrogen-bond donors (Lipinski definition) is 0. The molecule has 2 rings (SSSR count).